The summed E-state index contributed by atoms with van der Waals surface area (Å²) in [6.45, 7) is 5.26. The van der Waals surface area contributed by atoms with E-state index in [1.165, 1.54) is 12.1 Å². The van der Waals surface area contributed by atoms with Crippen molar-refractivity contribution in [2.24, 2.45) is 0 Å². The van der Waals surface area contributed by atoms with Crippen LogP contribution in [0.2, 0.25) is 0 Å². The molecule has 118 valence electrons. The quantitative estimate of drug-likeness (QED) is 0.584. The molecule has 0 radical (unpaired) electrons. The number of para-hydroxylation sites is 1. The fourth-order valence-corrected chi connectivity index (χ4v) is 1.50. The van der Waals surface area contributed by atoms with Crippen molar-refractivity contribution in [1.82, 2.24) is 10.6 Å². The first kappa shape index (κ1) is 17.2. The first-order valence-corrected chi connectivity index (χ1v) is 6.66. The Balaban J connectivity index is 2.50. The van der Waals surface area contributed by atoms with Gasteiger partial charge in [-0.25, -0.2) is 9.59 Å². The van der Waals surface area contributed by atoms with Gasteiger partial charge in [-0.3, -0.25) is 10.1 Å². The topological polar surface area (TPSA) is 93.7 Å². The summed E-state index contributed by atoms with van der Waals surface area (Å²) in [5.41, 5.74) is 0.216. The fraction of sp³-hybridized carbons (Fsp3) is 0.267. The largest absolute Gasteiger partial charge is 0.493 e. The number of esters is 1. The van der Waals surface area contributed by atoms with Crippen LogP contribution in [0.1, 0.15) is 17.3 Å². The average Bonchev–Trinajstić information content (AvgIpc) is 2.51. The Bertz CT molecular complexity index is 557. The standard InChI is InChI=1S/C15H18N2O5/c1-3-9-16-15(20)17-13(18)10-22-14(19)11-7-5-6-8-12(11)21-4-2/h3,5-8H,1,4,9-10H2,2H3,(H2,16,17,18,20). The van der Waals surface area contributed by atoms with Gasteiger partial charge in [0, 0.05) is 6.54 Å². The second-order valence-corrected chi connectivity index (χ2v) is 4.05. The summed E-state index contributed by atoms with van der Waals surface area (Å²) in [5, 5.41) is 4.38. The minimum atomic E-state index is -0.733. The van der Waals surface area contributed by atoms with E-state index in [9.17, 15) is 14.4 Å². The van der Waals surface area contributed by atoms with Crippen LogP contribution in [0.4, 0.5) is 4.79 Å². The highest BCUT2D eigenvalue weighted by Gasteiger charge is 2.15. The van der Waals surface area contributed by atoms with Crippen LogP contribution in [-0.4, -0.2) is 37.7 Å². The van der Waals surface area contributed by atoms with Crippen molar-refractivity contribution in [2.45, 2.75) is 6.92 Å². The van der Waals surface area contributed by atoms with Crippen LogP contribution in [-0.2, 0) is 9.53 Å². The molecule has 1 rings (SSSR count). The molecular weight excluding hydrogens is 288 g/mol. The Morgan fingerprint density at radius 1 is 1.27 bits per heavy atom. The van der Waals surface area contributed by atoms with Crippen molar-refractivity contribution in [3.8, 4) is 5.75 Å². The van der Waals surface area contributed by atoms with Gasteiger partial charge in [0.25, 0.3) is 5.91 Å². The molecule has 0 aliphatic heterocycles. The molecule has 3 amide bonds. The van der Waals surface area contributed by atoms with Crippen LogP contribution in [0.15, 0.2) is 36.9 Å². The minimum absolute atomic E-state index is 0.216. The van der Waals surface area contributed by atoms with E-state index in [0.29, 0.717) is 12.4 Å². The molecule has 0 aliphatic carbocycles. The van der Waals surface area contributed by atoms with Gasteiger partial charge >= 0.3 is 12.0 Å². The van der Waals surface area contributed by atoms with E-state index < -0.39 is 24.5 Å². The molecule has 7 nitrogen and oxygen atoms in total. The molecule has 7 heteroatoms. The monoisotopic (exact) mass is 306 g/mol. The Kier molecular flexibility index (Phi) is 7.18. The van der Waals surface area contributed by atoms with Crippen molar-refractivity contribution >= 4 is 17.9 Å². The fourth-order valence-electron chi connectivity index (χ4n) is 1.50. The molecule has 2 N–H and O–H groups in total. The summed E-state index contributed by atoms with van der Waals surface area (Å²) < 4.78 is 10.1. The Morgan fingerprint density at radius 3 is 2.68 bits per heavy atom. The summed E-state index contributed by atoms with van der Waals surface area (Å²) in [6, 6.07) is 5.85. The summed E-state index contributed by atoms with van der Waals surface area (Å²) in [5.74, 6) is -1.06. The molecule has 0 atom stereocenters. The molecule has 0 aliphatic rings. The van der Waals surface area contributed by atoms with E-state index in [1.807, 2.05) is 5.32 Å². The summed E-state index contributed by atoms with van der Waals surface area (Å²) >= 11 is 0. The van der Waals surface area contributed by atoms with Gasteiger partial charge in [-0.1, -0.05) is 18.2 Å². The van der Waals surface area contributed by atoms with Gasteiger partial charge in [-0.2, -0.15) is 0 Å². The minimum Gasteiger partial charge on any atom is -0.493 e. The lowest BCUT2D eigenvalue weighted by Crippen LogP contribution is -2.41. The van der Waals surface area contributed by atoms with E-state index in [1.54, 1.807) is 25.1 Å². The predicted molar refractivity (Wildman–Crippen MR) is 79.6 cm³/mol. The number of ether oxygens (including phenoxy) is 2. The number of rotatable bonds is 7. The number of carbonyl (C=O) groups excluding carboxylic acids is 3. The molecular formula is C15H18N2O5. The number of amides is 3. The zero-order valence-corrected chi connectivity index (χ0v) is 12.3. The maximum atomic E-state index is 11.9. The van der Waals surface area contributed by atoms with Crippen LogP contribution >= 0.6 is 0 Å². The molecule has 1 aromatic rings. The third kappa shape index (κ3) is 5.66. The molecule has 0 heterocycles. The lowest BCUT2D eigenvalue weighted by atomic mass is 10.2. The van der Waals surface area contributed by atoms with E-state index in [0.717, 1.165) is 0 Å². The van der Waals surface area contributed by atoms with Crippen LogP contribution in [0.3, 0.4) is 0 Å². The molecule has 0 aromatic heterocycles. The summed E-state index contributed by atoms with van der Waals surface area (Å²) in [7, 11) is 0. The highest BCUT2D eigenvalue weighted by Crippen LogP contribution is 2.18. The lowest BCUT2D eigenvalue weighted by Gasteiger charge is -2.10. The number of hydrogen-bond acceptors (Lipinski definition) is 5. The van der Waals surface area contributed by atoms with Crippen LogP contribution in [0, 0.1) is 0 Å². The van der Waals surface area contributed by atoms with Gasteiger partial charge in [0.1, 0.15) is 11.3 Å². The highest BCUT2D eigenvalue weighted by molar-refractivity contribution is 5.97. The SMILES string of the molecule is C=CCNC(=O)NC(=O)COC(=O)c1ccccc1OCC. The normalized spacial score (nSPS) is 9.50. The molecule has 0 saturated carbocycles. The molecule has 22 heavy (non-hydrogen) atoms. The van der Waals surface area contributed by atoms with E-state index in [2.05, 4.69) is 11.9 Å². The second-order valence-electron chi connectivity index (χ2n) is 4.05. The highest BCUT2D eigenvalue weighted by atomic mass is 16.5. The van der Waals surface area contributed by atoms with Gasteiger partial charge in [-0.15, -0.1) is 6.58 Å². The Labute approximate surface area is 128 Å². The second kappa shape index (κ2) is 9.17. The predicted octanol–water partition coefficient (Wildman–Crippen LogP) is 1.25. The molecule has 0 spiro atoms. The first-order valence-electron chi connectivity index (χ1n) is 6.66. The first-order chi connectivity index (χ1) is 10.6. The van der Waals surface area contributed by atoms with Gasteiger partial charge in [-0.05, 0) is 19.1 Å². The van der Waals surface area contributed by atoms with Crippen LogP contribution in [0.5, 0.6) is 5.75 Å². The van der Waals surface area contributed by atoms with E-state index >= 15 is 0 Å². The molecule has 0 fully saturated rings. The summed E-state index contributed by atoms with van der Waals surface area (Å²) in [4.78, 5) is 34.6. The number of urea groups is 1. The summed E-state index contributed by atoms with van der Waals surface area (Å²) in [6.07, 6.45) is 1.47. The van der Waals surface area contributed by atoms with Crippen molar-refractivity contribution < 1.29 is 23.9 Å². The number of imide groups is 1. The van der Waals surface area contributed by atoms with Gasteiger partial charge in [0.15, 0.2) is 6.61 Å². The van der Waals surface area contributed by atoms with Crippen LogP contribution in [0.25, 0.3) is 0 Å². The third-order valence-corrected chi connectivity index (χ3v) is 2.40. The Hall–Kier alpha value is -2.83. The number of hydrogen-bond donors (Lipinski definition) is 2. The Morgan fingerprint density at radius 2 is 2.00 bits per heavy atom. The molecule has 0 bridgehead atoms. The maximum Gasteiger partial charge on any atom is 0.342 e. The van der Waals surface area contributed by atoms with Crippen molar-refractivity contribution in [1.29, 1.82) is 0 Å². The van der Waals surface area contributed by atoms with E-state index in [4.69, 9.17) is 9.47 Å². The zero-order valence-electron chi connectivity index (χ0n) is 12.3. The van der Waals surface area contributed by atoms with Crippen LogP contribution < -0.4 is 15.4 Å². The average molecular weight is 306 g/mol. The zero-order chi connectivity index (χ0) is 16.4. The van der Waals surface area contributed by atoms with Crippen molar-refractivity contribution in [2.75, 3.05) is 19.8 Å². The third-order valence-electron chi connectivity index (χ3n) is 2.40. The smallest absolute Gasteiger partial charge is 0.342 e. The number of benzene rings is 1. The molecule has 0 unspecified atom stereocenters. The maximum absolute atomic E-state index is 11.9. The van der Waals surface area contributed by atoms with Gasteiger partial charge in [0.05, 0.1) is 6.61 Å². The lowest BCUT2D eigenvalue weighted by molar-refractivity contribution is -0.123. The van der Waals surface area contributed by atoms with Gasteiger partial charge in [0.2, 0.25) is 0 Å². The number of carbonyl (C=O) groups is 3. The molecule has 1 aromatic carbocycles. The van der Waals surface area contributed by atoms with Crippen molar-refractivity contribution in [3.05, 3.63) is 42.5 Å². The number of nitrogens with one attached hydrogen (secondary N) is 2. The molecule has 0 saturated heterocycles. The van der Waals surface area contributed by atoms with Crippen molar-refractivity contribution in [3.63, 3.8) is 0 Å². The van der Waals surface area contributed by atoms with Gasteiger partial charge < -0.3 is 14.8 Å². The van der Waals surface area contributed by atoms with E-state index in [-0.39, 0.29) is 12.1 Å².